The number of nitrogens with one attached hydrogen (secondary N) is 1. The molecule has 0 radical (unpaired) electrons. The molecule has 1 saturated heterocycles. The van der Waals surface area contributed by atoms with E-state index in [1.165, 1.54) is 244 Å². The normalized spacial score (nSPS) is 18.4. The van der Waals surface area contributed by atoms with Crippen LogP contribution in [0.4, 0.5) is 0 Å². The minimum Gasteiger partial charge on any atom is -0.466 e. The Morgan fingerprint density at radius 2 is 0.840 bits per heavy atom. The summed E-state index contributed by atoms with van der Waals surface area (Å²) in [6.45, 7) is 4.30. The largest absolute Gasteiger partial charge is 0.466 e. The zero-order valence-electron chi connectivity index (χ0n) is 52.8. The van der Waals surface area contributed by atoms with Gasteiger partial charge < -0.3 is 45.1 Å². The maximum atomic E-state index is 13.0. The predicted octanol–water partition coefficient (Wildman–Crippen LogP) is 17.4. The highest BCUT2D eigenvalue weighted by Gasteiger charge is 2.44. The second kappa shape index (κ2) is 59.6. The van der Waals surface area contributed by atoms with Gasteiger partial charge in [-0.25, -0.2) is 0 Å². The van der Waals surface area contributed by atoms with E-state index in [4.69, 9.17) is 14.2 Å². The van der Waals surface area contributed by atoms with Crippen molar-refractivity contribution in [2.45, 2.75) is 378 Å². The summed E-state index contributed by atoms with van der Waals surface area (Å²) in [6, 6.07) is -0.805. The van der Waals surface area contributed by atoms with Crippen LogP contribution in [0, 0.1) is 0 Å². The Morgan fingerprint density at radius 1 is 0.457 bits per heavy atom. The molecule has 1 amide bonds. The predicted molar refractivity (Wildman–Crippen MR) is 338 cm³/mol. The van der Waals surface area contributed by atoms with Gasteiger partial charge >= 0.3 is 5.97 Å². The Kier molecular flexibility index (Phi) is 56.6. The first-order valence-corrected chi connectivity index (χ1v) is 34.8. The van der Waals surface area contributed by atoms with Crippen molar-refractivity contribution in [2.75, 3.05) is 19.8 Å². The van der Waals surface area contributed by atoms with Gasteiger partial charge in [-0.05, 0) is 57.8 Å². The third kappa shape index (κ3) is 48.8. The topological polar surface area (TPSA) is 175 Å². The van der Waals surface area contributed by atoms with E-state index in [0.717, 1.165) is 64.2 Å². The van der Waals surface area contributed by atoms with E-state index in [-0.39, 0.29) is 18.5 Å². The number of esters is 1. The molecular formula is C70H131NO10. The van der Waals surface area contributed by atoms with Crippen molar-refractivity contribution in [1.82, 2.24) is 5.32 Å². The van der Waals surface area contributed by atoms with E-state index in [0.29, 0.717) is 19.4 Å². The molecule has 0 spiro atoms. The fraction of sp³-hybridized carbons (Fsp3) is 0.886. The lowest BCUT2D eigenvalue weighted by Crippen LogP contribution is -2.60. The van der Waals surface area contributed by atoms with E-state index >= 15 is 0 Å². The second-order valence-corrected chi connectivity index (χ2v) is 24.2. The molecule has 1 fully saturated rings. The molecule has 0 saturated carbocycles. The monoisotopic (exact) mass is 1150 g/mol. The molecule has 0 bridgehead atoms. The average Bonchev–Trinajstić information content (AvgIpc) is 3.47. The van der Waals surface area contributed by atoms with Gasteiger partial charge in [0.15, 0.2) is 6.29 Å². The van der Waals surface area contributed by atoms with Gasteiger partial charge in [0.25, 0.3) is 0 Å². The highest BCUT2D eigenvalue weighted by Crippen LogP contribution is 2.23. The summed E-state index contributed by atoms with van der Waals surface area (Å²) in [5.74, 6) is -0.182. The number of rotatable bonds is 61. The maximum absolute atomic E-state index is 13.0. The summed E-state index contributed by atoms with van der Waals surface area (Å²) in [6.07, 6.45) is 65.8. The Morgan fingerprint density at radius 3 is 1.28 bits per heavy atom. The molecule has 7 unspecified atom stereocenters. The van der Waals surface area contributed by atoms with Crippen molar-refractivity contribution in [3.63, 3.8) is 0 Å². The van der Waals surface area contributed by atoms with Crippen molar-refractivity contribution in [3.8, 4) is 0 Å². The number of carbonyl (C=O) groups is 2. The summed E-state index contributed by atoms with van der Waals surface area (Å²) in [4.78, 5) is 25.1. The Labute approximate surface area is 498 Å². The number of allylic oxidation sites excluding steroid dienone is 5. The second-order valence-electron chi connectivity index (χ2n) is 24.2. The number of amides is 1. The fourth-order valence-corrected chi connectivity index (χ4v) is 11.0. The number of aliphatic hydroxyl groups is 5. The molecule has 11 nitrogen and oxygen atoms in total. The first-order chi connectivity index (χ1) is 39.7. The van der Waals surface area contributed by atoms with E-state index in [1.807, 2.05) is 6.08 Å². The molecule has 6 N–H and O–H groups in total. The molecule has 0 aromatic rings. The Hall–Kier alpha value is -2.12. The van der Waals surface area contributed by atoms with Gasteiger partial charge in [-0.2, -0.15) is 0 Å². The third-order valence-corrected chi connectivity index (χ3v) is 16.5. The van der Waals surface area contributed by atoms with Gasteiger partial charge in [-0.1, -0.05) is 301 Å². The van der Waals surface area contributed by atoms with Crippen molar-refractivity contribution < 1.29 is 49.3 Å². The van der Waals surface area contributed by atoms with Gasteiger partial charge in [0.05, 0.1) is 32.0 Å². The summed E-state index contributed by atoms with van der Waals surface area (Å²) in [5.41, 5.74) is 0. The SMILES string of the molecule is CCCC/C=C\C/C=C\CCCCCCCC(=O)OCCCCCCCCCCCCCCCCCCCCCCCCCCCCCCCCC(=O)NC(COC1OC(CO)C(O)C(O)C1O)C(O)/C=C/CCCCCCCCC. The zero-order chi connectivity index (χ0) is 58.7. The van der Waals surface area contributed by atoms with Crippen LogP contribution >= 0.6 is 0 Å². The van der Waals surface area contributed by atoms with Crippen LogP contribution in [0.1, 0.15) is 335 Å². The lowest BCUT2D eigenvalue weighted by Gasteiger charge is -2.40. The molecule has 0 aliphatic carbocycles. The highest BCUT2D eigenvalue weighted by atomic mass is 16.7. The number of hydrogen-bond acceptors (Lipinski definition) is 10. The van der Waals surface area contributed by atoms with E-state index in [9.17, 15) is 35.1 Å². The Balaban J connectivity index is 1.90. The van der Waals surface area contributed by atoms with Crippen LogP contribution in [0.15, 0.2) is 36.5 Å². The Bertz CT molecular complexity index is 1440. The van der Waals surface area contributed by atoms with E-state index in [2.05, 4.69) is 43.5 Å². The van der Waals surface area contributed by atoms with Crippen LogP contribution in [0.3, 0.4) is 0 Å². The number of carbonyl (C=O) groups excluding carboxylic acids is 2. The molecule has 476 valence electrons. The van der Waals surface area contributed by atoms with Gasteiger partial charge in [-0.15, -0.1) is 0 Å². The molecule has 0 aromatic carbocycles. The third-order valence-electron chi connectivity index (χ3n) is 16.5. The van der Waals surface area contributed by atoms with Crippen molar-refractivity contribution >= 4 is 11.9 Å². The molecule has 1 heterocycles. The molecule has 81 heavy (non-hydrogen) atoms. The van der Waals surface area contributed by atoms with Crippen molar-refractivity contribution in [1.29, 1.82) is 0 Å². The van der Waals surface area contributed by atoms with Crippen molar-refractivity contribution in [3.05, 3.63) is 36.5 Å². The summed E-state index contributed by atoms with van der Waals surface area (Å²) in [7, 11) is 0. The number of ether oxygens (including phenoxy) is 3. The van der Waals surface area contributed by atoms with E-state index < -0.39 is 49.5 Å². The van der Waals surface area contributed by atoms with Gasteiger partial charge in [0.1, 0.15) is 24.4 Å². The summed E-state index contributed by atoms with van der Waals surface area (Å²) in [5, 5.41) is 54.3. The van der Waals surface area contributed by atoms with Gasteiger partial charge in [0, 0.05) is 12.8 Å². The van der Waals surface area contributed by atoms with Gasteiger partial charge in [0.2, 0.25) is 5.91 Å². The first kappa shape index (κ1) is 76.9. The lowest BCUT2D eigenvalue weighted by molar-refractivity contribution is -0.302. The zero-order valence-corrected chi connectivity index (χ0v) is 52.8. The summed E-state index contributed by atoms with van der Waals surface area (Å²) < 4.78 is 16.7. The quantitative estimate of drug-likeness (QED) is 0.0195. The van der Waals surface area contributed by atoms with Crippen LogP contribution in [-0.4, -0.2) is 100 Å². The molecule has 1 aliphatic rings. The lowest BCUT2D eigenvalue weighted by atomic mass is 9.99. The first-order valence-electron chi connectivity index (χ1n) is 34.8. The molecule has 1 aliphatic heterocycles. The highest BCUT2D eigenvalue weighted by molar-refractivity contribution is 5.76. The smallest absolute Gasteiger partial charge is 0.305 e. The van der Waals surface area contributed by atoms with Crippen LogP contribution < -0.4 is 5.32 Å². The minimum absolute atomic E-state index is 0.00280. The molecule has 1 rings (SSSR count). The summed E-state index contributed by atoms with van der Waals surface area (Å²) >= 11 is 0. The average molecular weight is 1150 g/mol. The van der Waals surface area contributed by atoms with Gasteiger partial charge in [-0.3, -0.25) is 9.59 Å². The van der Waals surface area contributed by atoms with Crippen molar-refractivity contribution in [2.24, 2.45) is 0 Å². The fourth-order valence-electron chi connectivity index (χ4n) is 11.0. The number of aliphatic hydroxyl groups excluding tert-OH is 5. The maximum Gasteiger partial charge on any atom is 0.305 e. The van der Waals surface area contributed by atoms with Crippen LogP contribution in [-0.2, 0) is 23.8 Å². The molecular weight excluding hydrogens is 1010 g/mol. The standard InChI is InChI=1S/C70H131NO10/c1-3-5-7-9-11-13-14-15-35-38-42-46-50-54-58-66(75)79-59-55-51-47-43-39-36-33-31-29-27-25-23-21-19-17-16-18-20-22-24-26-28-30-32-34-37-41-45-49-53-57-65(74)71-62(63(73)56-52-48-44-40-12-10-8-6-4-2)61-80-70-69(78)68(77)67(76)64(60-72)81-70/h9,11,14-15,52,56,62-64,67-70,72-73,76-78H,3-8,10,12-13,16-51,53-55,57-61H2,1-2H3,(H,71,74)/b11-9-,15-14-,56-52+. The number of hydrogen-bond donors (Lipinski definition) is 6. The van der Waals surface area contributed by atoms with Crippen LogP contribution in [0.25, 0.3) is 0 Å². The molecule has 11 heteroatoms. The van der Waals surface area contributed by atoms with Crippen LogP contribution in [0.2, 0.25) is 0 Å². The molecule has 0 aromatic heterocycles. The number of unbranched alkanes of at least 4 members (excludes halogenated alkanes) is 43. The van der Waals surface area contributed by atoms with Crippen LogP contribution in [0.5, 0.6) is 0 Å². The van der Waals surface area contributed by atoms with E-state index in [1.54, 1.807) is 6.08 Å². The minimum atomic E-state index is -1.57. The molecule has 7 atom stereocenters.